The summed E-state index contributed by atoms with van der Waals surface area (Å²) in [6, 6.07) is 4.78. The molecule has 1 aromatic rings. The van der Waals surface area contributed by atoms with Crippen molar-refractivity contribution in [3.63, 3.8) is 0 Å². The lowest BCUT2D eigenvalue weighted by Crippen LogP contribution is -2.28. The van der Waals surface area contributed by atoms with Crippen LogP contribution in [0.4, 0.5) is 5.69 Å². The molecular weight excluding hydrogens is 236 g/mol. The van der Waals surface area contributed by atoms with Crippen LogP contribution in [-0.4, -0.2) is 19.2 Å². The summed E-state index contributed by atoms with van der Waals surface area (Å²) < 4.78 is 24.7. The first-order chi connectivity index (χ1) is 7.34. The van der Waals surface area contributed by atoms with E-state index in [0.29, 0.717) is 0 Å². The lowest BCUT2D eigenvalue weighted by atomic mass is 10.3. The van der Waals surface area contributed by atoms with E-state index in [2.05, 4.69) is 0 Å². The van der Waals surface area contributed by atoms with Crippen LogP contribution >= 0.6 is 0 Å². The Hall–Kier alpha value is -1.96. The molecule has 0 saturated heterocycles. The molecule has 0 bridgehead atoms. The van der Waals surface area contributed by atoms with Crippen LogP contribution in [0.15, 0.2) is 29.2 Å². The van der Waals surface area contributed by atoms with Gasteiger partial charge in [0.05, 0.1) is 4.92 Å². The van der Waals surface area contributed by atoms with E-state index < -0.39 is 31.4 Å². The van der Waals surface area contributed by atoms with E-state index in [-0.39, 0.29) is 0 Å². The van der Waals surface area contributed by atoms with Gasteiger partial charge >= 0.3 is 0 Å². The summed E-state index contributed by atoms with van der Waals surface area (Å²) in [4.78, 5) is 19.9. The largest absolute Gasteiger partial charge is 0.289 e. The van der Waals surface area contributed by atoms with E-state index in [1.165, 1.54) is 12.1 Å². The summed E-state index contributed by atoms with van der Waals surface area (Å²) in [5.74, 6) is -0.807. The molecule has 0 aliphatic heterocycles. The minimum Gasteiger partial charge on any atom is -0.274 e. The average Bonchev–Trinajstić information content (AvgIpc) is 2.15. The number of rotatable bonds is 3. The van der Waals surface area contributed by atoms with Gasteiger partial charge in [-0.2, -0.15) is 0 Å². The van der Waals surface area contributed by atoms with E-state index in [0.717, 1.165) is 19.1 Å². The fourth-order valence-electron chi connectivity index (χ4n) is 1.08. The molecule has 7 nitrogen and oxygen atoms in total. The molecule has 1 amide bonds. The summed E-state index contributed by atoms with van der Waals surface area (Å²) in [5.41, 5.74) is -0.573. The topological polar surface area (TPSA) is 106 Å². The van der Waals surface area contributed by atoms with Gasteiger partial charge in [0.1, 0.15) is 0 Å². The van der Waals surface area contributed by atoms with Gasteiger partial charge in [0.2, 0.25) is 5.91 Å². The second kappa shape index (κ2) is 4.27. The number of nitrogens with one attached hydrogen (secondary N) is 1. The Labute approximate surface area is 91.3 Å². The summed E-state index contributed by atoms with van der Waals surface area (Å²) in [6.07, 6.45) is 0. The van der Waals surface area contributed by atoms with Crippen LogP contribution in [0.1, 0.15) is 6.92 Å². The Morgan fingerprint density at radius 2 is 1.94 bits per heavy atom. The first kappa shape index (κ1) is 12.1. The molecule has 0 atom stereocenters. The zero-order valence-corrected chi connectivity index (χ0v) is 9.02. The number of nitrogens with zero attached hydrogens (tertiary/aromatic N) is 1. The van der Waals surface area contributed by atoms with Gasteiger partial charge in [0.25, 0.3) is 15.7 Å². The lowest BCUT2D eigenvalue weighted by molar-refractivity contribution is -0.387. The van der Waals surface area contributed by atoms with Crippen LogP contribution in [0.5, 0.6) is 0 Å². The molecule has 0 aliphatic carbocycles. The molecule has 0 radical (unpaired) electrons. The van der Waals surface area contributed by atoms with Crippen molar-refractivity contribution in [2.45, 2.75) is 11.8 Å². The average molecular weight is 244 g/mol. The van der Waals surface area contributed by atoms with Crippen molar-refractivity contribution in [1.82, 2.24) is 4.72 Å². The number of carbonyl (C=O) groups is 1. The zero-order valence-electron chi connectivity index (χ0n) is 8.21. The van der Waals surface area contributed by atoms with Gasteiger partial charge in [-0.25, -0.2) is 13.1 Å². The Morgan fingerprint density at radius 1 is 1.38 bits per heavy atom. The molecule has 86 valence electrons. The molecule has 0 fully saturated rings. The molecular formula is C8H8N2O5S. The predicted molar refractivity (Wildman–Crippen MR) is 54.1 cm³/mol. The van der Waals surface area contributed by atoms with Crippen molar-refractivity contribution < 1.29 is 18.1 Å². The third-order valence-corrected chi connectivity index (χ3v) is 3.11. The second-order valence-corrected chi connectivity index (χ2v) is 4.54. The molecule has 0 unspecified atom stereocenters. The molecule has 0 saturated carbocycles. The van der Waals surface area contributed by atoms with Gasteiger partial charge in [-0.05, 0) is 6.07 Å². The van der Waals surface area contributed by atoms with Crippen molar-refractivity contribution in [3.8, 4) is 0 Å². The lowest BCUT2D eigenvalue weighted by Gasteiger charge is -2.04. The quantitative estimate of drug-likeness (QED) is 0.612. The highest BCUT2D eigenvalue weighted by Gasteiger charge is 2.25. The van der Waals surface area contributed by atoms with Gasteiger partial charge in [-0.1, -0.05) is 12.1 Å². The minimum absolute atomic E-state index is 0.532. The van der Waals surface area contributed by atoms with E-state index >= 15 is 0 Å². The van der Waals surface area contributed by atoms with E-state index in [4.69, 9.17) is 0 Å². The molecule has 1 aromatic carbocycles. The molecule has 1 N–H and O–H groups in total. The van der Waals surface area contributed by atoms with Crippen LogP contribution in [0.25, 0.3) is 0 Å². The maximum Gasteiger partial charge on any atom is 0.289 e. The number of nitro groups is 1. The number of hydrogen-bond donors (Lipinski definition) is 1. The Balaban J connectivity index is 3.33. The number of hydrogen-bond acceptors (Lipinski definition) is 5. The molecule has 0 aromatic heterocycles. The van der Waals surface area contributed by atoms with Gasteiger partial charge in [-0.15, -0.1) is 0 Å². The molecule has 8 heteroatoms. The maximum absolute atomic E-state index is 11.5. The van der Waals surface area contributed by atoms with E-state index in [1.807, 2.05) is 0 Å². The van der Waals surface area contributed by atoms with E-state index in [9.17, 15) is 23.3 Å². The highest BCUT2D eigenvalue weighted by Crippen LogP contribution is 2.22. The number of sulfonamides is 1. The van der Waals surface area contributed by atoms with Crippen LogP contribution in [-0.2, 0) is 14.8 Å². The minimum atomic E-state index is -4.18. The highest BCUT2D eigenvalue weighted by atomic mass is 32.2. The highest BCUT2D eigenvalue weighted by molar-refractivity contribution is 7.90. The zero-order chi connectivity index (χ0) is 12.3. The molecule has 16 heavy (non-hydrogen) atoms. The number of nitro benzene ring substituents is 1. The molecule has 0 spiro atoms. The number of amides is 1. The first-order valence-electron chi connectivity index (χ1n) is 4.11. The fourth-order valence-corrected chi connectivity index (χ4v) is 2.24. The van der Waals surface area contributed by atoms with Crippen LogP contribution in [0.2, 0.25) is 0 Å². The van der Waals surface area contributed by atoms with E-state index in [1.54, 1.807) is 4.72 Å². The molecule has 1 rings (SSSR count). The first-order valence-corrected chi connectivity index (χ1v) is 5.59. The van der Waals surface area contributed by atoms with Gasteiger partial charge in [0, 0.05) is 13.0 Å². The Kier molecular flexibility index (Phi) is 3.23. The summed E-state index contributed by atoms with van der Waals surface area (Å²) in [5, 5.41) is 10.6. The normalized spacial score (nSPS) is 10.8. The van der Waals surface area contributed by atoms with Crippen LogP contribution < -0.4 is 4.72 Å². The molecule has 0 heterocycles. The third-order valence-electron chi connectivity index (χ3n) is 1.63. The third kappa shape index (κ3) is 2.54. The van der Waals surface area contributed by atoms with Crippen LogP contribution in [0.3, 0.4) is 0 Å². The monoisotopic (exact) mass is 244 g/mol. The summed E-state index contributed by atoms with van der Waals surface area (Å²) in [6.45, 7) is 1.01. The standard InChI is InChI=1S/C8H8N2O5S/c1-6(11)9-16(14,15)8-5-3-2-4-7(8)10(12)13/h2-5H,1H3,(H,9,11). The SMILES string of the molecule is CC(=O)NS(=O)(=O)c1ccccc1[N+](=O)[O-]. The van der Waals surface area contributed by atoms with Gasteiger partial charge in [0.15, 0.2) is 4.90 Å². The molecule has 0 aliphatic rings. The van der Waals surface area contributed by atoms with Crippen molar-refractivity contribution in [2.24, 2.45) is 0 Å². The van der Waals surface area contributed by atoms with Crippen molar-refractivity contribution in [2.75, 3.05) is 0 Å². The Morgan fingerprint density at radius 3 is 2.44 bits per heavy atom. The fraction of sp³-hybridized carbons (Fsp3) is 0.125. The number of carbonyl (C=O) groups excluding carboxylic acids is 1. The van der Waals surface area contributed by atoms with Crippen LogP contribution in [0, 0.1) is 10.1 Å². The van der Waals surface area contributed by atoms with Crippen molar-refractivity contribution in [3.05, 3.63) is 34.4 Å². The van der Waals surface area contributed by atoms with Gasteiger partial charge in [-0.3, -0.25) is 14.9 Å². The van der Waals surface area contributed by atoms with Gasteiger partial charge < -0.3 is 0 Å². The summed E-state index contributed by atoms with van der Waals surface area (Å²) in [7, 11) is -4.18. The maximum atomic E-state index is 11.5. The smallest absolute Gasteiger partial charge is 0.274 e. The van der Waals surface area contributed by atoms with Crippen molar-refractivity contribution in [1.29, 1.82) is 0 Å². The number of para-hydroxylation sites is 1. The van der Waals surface area contributed by atoms with Crippen molar-refractivity contribution >= 4 is 21.6 Å². The number of benzene rings is 1. The Bertz CT molecular complexity index is 537. The predicted octanol–water partition coefficient (Wildman–Crippen LogP) is 0.420. The summed E-state index contributed by atoms with van der Waals surface area (Å²) >= 11 is 0. The second-order valence-electron chi connectivity index (χ2n) is 2.89.